The van der Waals surface area contributed by atoms with Gasteiger partial charge in [-0.3, -0.25) is 14.4 Å². The zero-order valence-corrected chi connectivity index (χ0v) is 13.8. The van der Waals surface area contributed by atoms with Gasteiger partial charge in [0.05, 0.1) is 11.5 Å². The van der Waals surface area contributed by atoms with Gasteiger partial charge in [0, 0.05) is 38.9 Å². The van der Waals surface area contributed by atoms with Crippen LogP contribution in [0.4, 0.5) is 5.82 Å². The second-order valence-corrected chi connectivity index (χ2v) is 7.02. The molecule has 4 rings (SSSR count). The van der Waals surface area contributed by atoms with Crippen LogP contribution in [0, 0.1) is 11.3 Å². The first-order valence-corrected chi connectivity index (χ1v) is 8.53. The van der Waals surface area contributed by atoms with Crippen molar-refractivity contribution in [1.82, 2.24) is 15.2 Å². The fraction of sp³-hybridized carbons (Fsp3) is 0.529. The minimum Gasteiger partial charge on any atom is -0.481 e. The SMILES string of the molecule is O=C1NC[C@@]2(C(=O)O)CN(c3ccc(C(=O)N4CCCC4)cn3)C[C@@H]12. The van der Waals surface area contributed by atoms with Crippen LogP contribution in [0.5, 0.6) is 0 Å². The third kappa shape index (κ3) is 2.43. The predicted molar refractivity (Wildman–Crippen MR) is 88.2 cm³/mol. The Morgan fingerprint density at radius 2 is 2.04 bits per heavy atom. The molecule has 132 valence electrons. The van der Waals surface area contributed by atoms with Crippen LogP contribution in [-0.4, -0.2) is 65.5 Å². The molecule has 0 radical (unpaired) electrons. The highest BCUT2D eigenvalue weighted by atomic mass is 16.4. The summed E-state index contributed by atoms with van der Waals surface area (Å²) in [5.74, 6) is -1.17. The Balaban J connectivity index is 1.52. The minimum atomic E-state index is -1.09. The molecule has 1 aromatic heterocycles. The first kappa shape index (κ1) is 15.9. The van der Waals surface area contributed by atoms with Crippen LogP contribution in [0.25, 0.3) is 0 Å². The number of fused-ring (bicyclic) bond motifs is 1. The van der Waals surface area contributed by atoms with Crippen LogP contribution >= 0.6 is 0 Å². The van der Waals surface area contributed by atoms with Crippen molar-refractivity contribution in [2.24, 2.45) is 11.3 Å². The maximum absolute atomic E-state index is 12.4. The second kappa shape index (κ2) is 5.72. The number of hydrogen-bond acceptors (Lipinski definition) is 5. The van der Waals surface area contributed by atoms with Gasteiger partial charge in [0.15, 0.2) is 0 Å². The number of amides is 2. The number of pyridine rings is 1. The van der Waals surface area contributed by atoms with Gasteiger partial charge >= 0.3 is 5.97 Å². The monoisotopic (exact) mass is 344 g/mol. The first-order chi connectivity index (χ1) is 12.0. The van der Waals surface area contributed by atoms with Crippen LogP contribution in [0.15, 0.2) is 18.3 Å². The highest BCUT2D eigenvalue weighted by molar-refractivity contribution is 5.95. The van der Waals surface area contributed by atoms with Crippen LogP contribution in [0.2, 0.25) is 0 Å². The van der Waals surface area contributed by atoms with Gasteiger partial charge < -0.3 is 20.2 Å². The van der Waals surface area contributed by atoms with Gasteiger partial charge in [-0.25, -0.2) is 4.98 Å². The lowest BCUT2D eigenvalue weighted by atomic mass is 9.81. The Morgan fingerprint density at radius 1 is 1.28 bits per heavy atom. The molecule has 2 atom stereocenters. The quantitative estimate of drug-likeness (QED) is 0.797. The number of anilines is 1. The van der Waals surface area contributed by atoms with Crippen LogP contribution in [0.1, 0.15) is 23.2 Å². The van der Waals surface area contributed by atoms with E-state index in [1.54, 1.807) is 12.1 Å². The van der Waals surface area contributed by atoms with Gasteiger partial charge in [-0.1, -0.05) is 0 Å². The van der Waals surface area contributed by atoms with Gasteiger partial charge in [-0.2, -0.15) is 0 Å². The van der Waals surface area contributed by atoms with E-state index in [0.717, 1.165) is 25.9 Å². The Bertz CT molecular complexity index is 729. The summed E-state index contributed by atoms with van der Waals surface area (Å²) in [6.07, 6.45) is 3.61. The number of aromatic nitrogens is 1. The van der Waals surface area contributed by atoms with E-state index in [2.05, 4.69) is 10.3 Å². The van der Waals surface area contributed by atoms with Gasteiger partial charge in [-0.15, -0.1) is 0 Å². The molecule has 3 aliphatic rings. The molecular formula is C17H20N4O4. The number of hydrogen-bond donors (Lipinski definition) is 2. The second-order valence-electron chi connectivity index (χ2n) is 7.02. The van der Waals surface area contributed by atoms with E-state index >= 15 is 0 Å². The molecule has 0 spiro atoms. The lowest BCUT2D eigenvalue weighted by molar-refractivity contribution is -0.149. The molecule has 1 aromatic rings. The number of likely N-dealkylation sites (tertiary alicyclic amines) is 1. The molecule has 8 heteroatoms. The van der Waals surface area contributed by atoms with Crippen molar-refractivity contribution in [3.8, 4) is 0 Å². The molecule has 3 fully saturated rings. The molecule has 0 aliphatic carbocycles. The lowest BCUT2D eigenvalue weighted by Gasteiger charge is -2.22. The summed E-state index contributed by atoms with van der Waals surface area (Å²) in [7, 11) is 0. The van der Waals surface area contributed by atoms with Gasteiger partial charge in [0.2, 0.25) is 5.91 Å². The Kier molecular flexibility index (Phi) is 3.63. The molecule has 0 saturated carbocycles. The molecule has 25 heavy (non-hydrogen) atoms. The molecule has 8 nitrogen and oxygen atoms in total. The molecule has 0 aromatic carbocycles. The molecule has 4 heterocycles. The smallest absolute Gasteiger partial charge is 0.314 e. The number of carboxylic acids is 1. The van der Waals surface area contributed by atoms with Crippen molar-refractivity contribution in [3.63, 3.8) is 0 Å². The molecule has 0 bridgehead atoms. The third-order valence-corrected chi connectivity index (χ3v) is 5.58. The Morgan fingerprint density at radius 3 is 2.64 bits per heavy atom. The van der Waals surface area contributed by atoms with E-state index in [9.17, 15) is 19.5 Å². The summed E-state index contributed by atoms with van der Waals surface area (Å²) in [5, 5.41) is 12.3. The standard InChI is InChI=1S/C17H20N4O4/c22-14-12-8-21(10-17(12,9-19-14)16(24)25)13-4-3-11(7-18-13)15(23)20-5-1-2-6-20/h3-4,7,12H,1-2,5-6,8-10H2,(H,19,22)(H,24,25)/t12-,17+/m0/s1. The molecule has 3 aliphatic heterocycles. The normalized spacial score (nSPS) is 28.2. The molecule has 2 N–H and O–H groups in total. The largest absolute Gasteiger partial charge is 0.481 e. The molecule has 2 amide bonds. The molecular weight excluding hydrogens is 324 g/mol. The number of carbonyl (C=O) groups is 3. The van der Waals surface area contributed by atoms with E-state index in [1.807, 2.05) is 9.80 Å². The summed E-state index contributed by atoms with van der Waals surface area (Å²) in [6, 6.07) is 3.46. The summed E-state index contributed by atoms with van der Waals surface area (Å²) in [4.78, 5) is 44.0. The number of nitrogens with zero attached hydrogens (tertiary/aromatic N) is 3. The Hall–Kier alpha value is -2.64. The number of nitrogens with one attached hydrogen (secondary N) is 1. The number of aliphatic carboxylic acids is 1. The van der Waals surface area contributed by atoms with Crippen LogP contribution in [0.3, 0.4) is 0 Å². The van der Waals surface area contributed by atoms with Gasteiger partial charge in [0.1, 0.15) is 11.2 Å². The average molecular weight is 344 g/mol. The predicted octanol–water partition coefficient (Wildman–Crippen LogP) is -0.0454. The highest BCUT2D eigenvalue weighted by Crippen LogP contribution is 2.41. The summed E-state index contributed by atoms with van der Waals surface area (Å²) >= 11 is 0. The minimum absolute atomic E-state index is 0.0174. The third-order valence-electron chi connectivity index (χ3n) is 5.58. The molecule has 0 unspecified atom stereocenters. The first-order valence-electron chi connectivity index (χ1n) is 8.53. The van der Waals surface area contributed by atoms with E-state index in [1.165, 1.54) is 6.20 Å². The fourth-order valence-electron chi connectivity index (χ4n) is 4.06. The number of carboxylic acid groups (broad SMARTS) is 1. The van der Waals surface area contributed by atoms with E-state index in [0.29, 0.717) is 17.9 Å². The lowest BCUT2D eigenvalue weighted by Crippen LogP contribution is -2.40. The average Bonchev–Trinajstić information content (AvgIpc) is 3.32. The summed E-state index contributed by atoms with van der Waals surface area (Å²) < 4.78 is 0. The van der Waals surface area contributed by atoms with Gasteiger partial charge in [0.25, 0.3) is 5.91 Å². The van der Waals surface area contributed by atoms with Crippen LogP contribution in [-0.2, 0) is 9.59 Å². The van der Waals surface area contributed by atoms with Crippen molar-refractivity contribution >= 4 is 23.6 Å². The highest BCUT2D eigenvalue weighted by Gasteiger charge is 2.59. The van der Waals surface area contributed by atoms with Gasteiger partial charge in [-0.05, 0) is 25.0 Å². The zero-order valence-electron chi connectivity index (χ0n) is 13.8. The van der Waals surface area contributed by atoms with Crippen molar-refractivity contribution in [2.45, 2.75) is 12.8 Å². The summed E-state index contributed by atoms with van der Waals surface area (Å²) in [5.41, 5.74) is -0.557. The number of carbonyl (C=O) groups excluding carboxylic acids is 2. The molecule has 3 saturated heterocycles. The van der Waals surface area contributed by atoms with Crippen LogP contribution < -0.4 is 10.2 Å². The van der Waals surface area contributed by atoms with Crippen molar-refractivity contribution in [2.75, 3.05) is 37.6 Å². The maximum atomic E-state index is 12.4. The fourth-order valence-corrected chi connectivity index (χ4v) is 4.06. The number of rotatable bonds is 3. The topological polar surface area (TPSA) is 103 Å². The van der Waals surface area contributed by atoms with Crippen molar-refractivity contribution in [1.29, 1.82) is 0 Å². The maximum Gasteiger partial charge on any atom is 0.314 e. The zero-order chi connectivity index (χ0) is 17.6. The van der Waals surface area contributed by atoms with E-state index in [-0.39, 0.29) is 24.9 Å². The summed E-state index contributed by atoms with van der Waals surface area (Å²) in [6.45, 7) is 2.27. The van der Waals surface area contributed by atoms with Crippen molar-refractivity contribution < 1.29 is 19.5 Å². The van der Waals surface area contributed by atoms with Crippen molar-refractivity contribution in [3.05, 3.63) is 23.9 Å². The van der Waals surface area contributed by atoms with E-state index in [4.69, 9.17) is 0 Å². The van der Waals surface area contributed by atoms with E-state index < -0.39 is 17.3 Å². The Labute approximate surface area is 144 Å².